The smallest absolute Gasteiger partial charge is 0.340 e. The number of hydrogen-bond donors (Lipinski definition) is 1. The van der Waals surface area contributed by atoms with Gasteiger partial charge in [-0.25, -0.2) is 0 Å². The largest absolute Gasteiger partial charge is 0.418 e. The summed E-state index contributed by atoms with van der Waals surface area (Å²) in [7, 11) is 0. The number of non-ortho nitro benzene ring substituents is 1. The number of halogens is 3. The van der Waals surface area contributed by atoms with E-state index >= 15 is 0 Å². The van der Waals surface area contributed by atoms with Crippen molar-refractivity contribution < 1.29 is 23.0 Å². The summed E-state index contributed by atoms with van der Waals surface area (Å²) in [6, 6.07) is 2.13. The molecule has 0 amide bonds. The van der Waals surface area contributed by atoms with Crippen molar-refractivity contribution in [2.75, 3.05) is 5.32 Å². The van der Waals surface area contributed by atoms with Crippen molar-refractivity contribution >= 4 is 33.6 Å². The molecule has 0 aliphatic heterocycles. The number of aromatic nitrogens is 1. The second-order valence-corrected chi connectivity index (χ2v) is 5.16. The fourth-order valence-corrected chi connectivity index (χ4v) is 2.43. The van der Waals surface area contributed by atoms with Crippen molar-refractivity contribution in [2.45, 2.75) is 13.1 Å². The number of hydrogen-bond acceptors (Lipinski definition) is 7. The molecule has 122 valence electrons. The molecule has 1 N–H and O–H groups in total. The summed E-state index contributed by atoms with van der Waals surface area (Å²) in [6.07, 6.45) is -5.02. The predicted molar refractivity (Wildman–Crippen MR) is 74.9 cm³/mol. The van der Waals surface area contributed by atoms with E-state index in [9.17, 15) is 33.4 Å². The van der Waals surface area contributed by atoms with E-state index in [-0.39, 0.29) is 11.1 Å². The van der Waals surface area contributed by atoms with Gasteiger partial charge in [0.05, 0.1) is 27.2 Å². The number of aryl methyl sites for hydroxylation is 1. The van der Waals surface area contributed by atoms with E-state index in [1.54, 1.807) is 6.92 Å². The van der Waals surface area contributed by atoms with Crippen molar-refractivity contribution in [3.63, 3.8) is 0 Å². The fourth-order valence-electron chi connectivity index (χ4n) is 1.76. The van der Waals surface area contributed by atoms with Crippen molar-refractivity contribution in [3.05, 3.63) is 49.7 Å². The molecule has 0 aliphatic rings. The SMILES string of the molecule is Cc1cc(Nc2c([N+](=O)[O-])cc([N+](=O)[O-])cc2C(F)(F)F)sn1. The van der Waals surface area contributed by atoms with Crippen molar-refractivity contribution in [3.8, 4) is 0 Å². The Morgan fingerprint density at radius 3 is 2.26 bits per heavy atom. The molecule has 23 heavy (non-hydrogen) atoms. The van der Waals surface area contributed by atoms with Gasteiger partial charge in [0, 0.05) is 6.07 Å². The summed E-state index contributed by atoms with van der Waals surface area (Å²) >= 11 is 0.810. The van der Waals surface area contributed by atoms with Crippen LogP contribution in [-0.4, -0.2) is 14.2 Å². The third-order valence-corrected chi connectivity index (χ3v) is 3.49. The maximum absolute atomic E-state index is 13.1. The number of benzene rings is 1. The van der Waals surface area contributed by atoms with Gasteiger partial charge in [-0.05, 0) is 24.5 Å². The second-order valence-electron chi connectivity index (χ2n) is 4.36. The summed E-state index contributed by atoms with van der Waals surface area (Å²) in [6.45, 7) is 1.59. The Balaban J connectivity index is 2.69. The Labute approximate surface area is 130 Å². The molecule has 0 aliphatic carbocycles. The molecule has 0 saturated heterocycles. The van der Waals surface area contributed by atoms with Gasteiger partial charge in [-0.3, -0.25) is 20.2 Å². The zero-order valence-corrected chi connectivity index (χ0v) is 12.1. The summed E-state index contributed by atoms with van der Waals surface area (Å²) in [5.74, 6) is 0. The molecule has 2 aromatic rings. The lowest BCUT2D eigenvalue weighted by Crippen LogP contribution is -2.11. The van der Waals surface area contributed by atoms with E-state index in [4.69, 9.17) is 0 Å². The first-order chi connectivity index (χ1) is 10.6. The molecule has 1 aromatic carbocycles. The number of nitro benzene ring substituents is 2. The van der Waals surface area contributed by atoms with Crippen LogP contribution in [0.1, 0.15) is 11.3 Å². The molecule has 0 fully saturated rings. The van der Waals surface area contributed by atoms with E-state index in [0.29, 0.717) is 11.8 Å². The lowest BCUT2D eigenvalue weighted by atomic mass is 10.1. The van der Waals surface area contributed by atoms with Gasteiger partial charge in [0.2, 0.25) is 0 Å². The van der Waals surface area contributed by atoms with Crippen LogP contribution in [0.3, 0.4) is 0 Å². The van der Waals surface area contributed by atoms with Crippen molar-refractivity contribution in [2.24, 2.45) is 0 Å². The number of nitrogens with one attached hydrogen (secondary N) is 1. The van der Waals surface area contributed by atoms with E-state index < -0.39 is 38.6 Å². The van der Waals surface area contributed by atoms with Crippen molar-refractivity contribution in [1.82, 2.24) is 4.37 Å². The van der Waals surface area contributed by atoms with Gasteiger partial charge < -0.3 is 5.32 Å². The van der Waals surface area contributed by atoms with Crippen LogP contribution in [0.25, 0.3) is 0 Å². The monoisotopic (exact) mass is 348 g/mol. The molecular formula is C11H7F3N4O4S. The highest BCUT2D eigenvalue weighted by Crippen LogP contribution is 2.44. The normalized spacial score (nSPS) is 11.3. The summed E-state index contributed by atoms with van der Waals surface area (Å²) in [4.78, 5) is 19.5. The molecule has 8 nitrogen and oxygen atoms in total. The Kier molecular flexibility index (Phi) is 4.18. The van der Waals surface area contributed by atoms with Gasteiger partial charge in [-0.1, -0.05) is 0 Å². The quantitative estimate of drug-likeness (QED) is 0.659. The predicted octanol–water partition coefficient (Wildman–Crippen LogP) is 4.03. The topological polar surface area (TPSA) is 111 Å². The molecule has 1 aromatic heterocycles. The van der Waals surface area contributed by atoms with Gasteiger partial charge in [0.1, 0.15) is 10.7 Å². The highest BCUT2D eigenvalue weighted by atomic mass is 32.1. The Hall–Kier alpha value is -2.76. The molecule has 0 saturated carbocycles. The van der Waals surface area contributed by atoms with Gasteiger partial charge in [-0.15, -0.1) is 0 Å². The van der Waals surface area contributed by atoms with E-state index in [1.807, 2.05) is 0 Å². The van der Waals surface area contributed by atoms with E-state index in [1.165, 1.54) is 6.07 Å². The molecule has 0 spiro atoms. The van der Waals surface area contributed by atoms with Gasteiger partial charge in [0.25, 0.3) is 11.4 Å². The van der Waals surface area contributed by atoms with E-state index in [2.05, 4.69) is 9.69 Å². The third kappa shape index (κ3) is 3.53. The van der Waals surface area contributed by atoms with E-state index in [0.717, 1.165) is 11.5 Å². The Morgan fingerprint density at radius 1 is 1.17 bits per heavy atom. The number of alkyl halides is 3. The molecule has 0 atom stereocenters. The number of anilines is 2. The molecule has 2 rings (SSSR count). The van der Waals surface area contributed by atoms with Crippen LogP contribution in [-0.2, 0) is 6.18 Å². The van der Waals surface area contributed by atoms with Gasteiger partial charge >= 0.3 is 6.18 Å². The third-order valence-electron chi connectivity index (χ3n) is 2.69. The minimum atomic E-state index is -5.02. The molecular weight excluding hydrogens is 341 g/mol. The number of rotatable bonds is 4. The minimum Gasteiger partial charge on any atom is -0.340 e. The molecule has 0 radical (unpaired) electrons. The zero-order chi connectivity index (χ0) is 17.4. The van der Waals surface area contributed by atoms with Crippen LogP contribution < -0.4 is 5.32 Å². The first-order valence-electron chi connectivity index (χ1n) is 5.84. The highest BCUT2D eigenvalue weighted by molar-refractivity contribution is 7.10. The van der Waals surface area contributed by atoms with Crippen LogP contribution >= 0.6 is 11.5 Å². The lowest BCUT2D eigenvalue weighted by molar-refractivity contribution is -0.394. The average Bonchev–Trinajstić information content (AvgIpc) is 2.82. The number of nitrogens with zero attached hydrogens (tertiary/aromatic N) is 3. The molecule has 1 heterocycles. The van der Waals surface area contributed by atoms with Crippen LogP contribution in [0.4, 0.5) is 35.2 Å². The van der Waals surface area contributed by atoms with Gasteiger partial charge in [-0.2, -0.15) is 17.5 Å². The average molecular weight is 348 g/mol. The molecule has 0 unspecified atom stereocenters. The first-order valence-corrected chi connectivity index (χ1v) is 6.61. The highest BCUT2D eigenvalue weighted by Gasteiger charge is 2.39. The van der Waals surface area contributed by atoms with Crippen molar-refractivity contribution in [1.29, 1.82) is 0 Å². The fraction of sp³-hybridized carbons (Fsp3) is 0.182. The van der Waals surface area contributed by atoms with Crippen LogP contribution in [0, 0.1) is 27.2 Å². The number of nitro groups is 2. The summed E-state index contributed by atoms with van der Waals surface area (Å²) in [5.41, 5.74) is -3.91. The van der Waals surface area contributed by atoms with Gasteiger partial charge in [0.15, 0.2) is 0 Å². The summed E-state index contributed by atoms with van der Waals surface area (Å²) < 4.78 is 43.3. The maximum Gasteiger partial charge on any atom is 0.418 e. The maximum atomic E-state index is 13.1. The lowest BCUT2D eigenvalue weighted by Gasteiger charge is -2.13. The molecule has 12 heteroatoms. The van der Waals surface area contributed by atoms with Crippen LogP contribution in [0.15, 0.2) is 18.2 Å². The first kappa shape index (κ1) is 16.6. The zero-order valence-electron chi connectivity index (χ0n) is 11.2. The van der Waals surface area contributed by atoms with Crippen LogP contribution in [0.5, 0.6) is 0 Å². The van der Waals surface area contributed by atoms with Crippen LogP contribution in [0.2, 0.25) is 0 Å². The summed E-state index contributed by atoms with van der Waals surface area (Å²) in [5, 5.41) is 24.2. The standard InChI is InChI=1S/C11H7F3N4O4S/c1-5-2-9(23-16-5)15-10-7(11(12,13)14)3-6(17(19)20)4-8(10)18(21)22/h2-4,15H,1H3. The molecule has 0 bridgehead atoms. The minimum absolute atomic E-state index is 0.143. The second kappa shape index (κ2) is 5.79. The Bertz CT molecular complexity index is 790. The Morgan fingerprint density at radius 2 is 1.83 bits per heavy atom.